The molecule has 0 aliphatic carbocycles. The number of rotatable bonds is 7. The van der Waals surface area contributed by atoms with Crippen LogP contribution in [0.4, 0.5) is 0 Å². The number of ether oxygens (including phenoxy) is 1. The van der Waals surface area contributed by atoms with Gasteiger partial charge in [0.05, 0.1) is 12.1 Å². The fourth-order valence-corrected chi connectivity index (χ4v) is 3.14. The number of pyridine rings is 1. The summed E-state index contributed by atoms with van der Waals surface area (Å²) in [5.41, 5.74) is 7.64. The number of piperidine rings is 1. The van der Waals surface area contributed by atoms with Crippen molar-refractivity contribution in [2.24, 2.45) is 5.73 Å². The molecule has 0 radical (unpaired) electrons. The van der Waals surface area contributed by atoms with E-state index in [1.165, 1.54) is 12.0 Å². The summed E-state index contributed by atoms with van der Waals surface area (Å²) >= 11 is 0. The molecule has 118 valence electrons. The Hall–Kier alpha value is -0.970. The Morgan fingerprint density at radius 1 is 1.48 bits per heavy atom. The highest BCUT2D eigenvalue weighted by Crippen LogP contribution is 2.28. The van der Waals surface area contributed by atoms with E-state index in [0.717, 1.165) is 39.0 Å². The van der Waals surface area contributed by atoms with Gasteiger partial charge in [0.25, 0.3) is 0 Å². The van der Waals surface area contributed by atoms with Crippen LogP contribution in [0.25, 0.3) is 0 Å². The maximum atomic E-state index is 6.42. The second-order valence-electron chi connectivity index (χ2n) is 5.93. The van der Waals surface area contributed by atoms with Gasteiger partial charge < -0.3 is 10.5 Å². The van der Waals surface area contributed by atoms with Crippen LogP contribution in [0.5, 0.6) is 0 Å². The molecular formula is C17H29N3O. The number of nitrogens with two attached hydrogens (primary N) is 1. The van der Waals surface area contributed by atoms with Gasteiger partial charge in [-0.3, -0.25) is 9.88 Å². The summed E-state index contributed by atoms with van der Waals surface area (Å²) < 4.78 is 5.96. The fourth-order valence-electron chi connectivity index (χ4n) is 3.14. The van der Waals surface area contributed by atoms with Crippen LogP contribution < -0.4 is 5.73 Å². The second kappa shape index (κ2) is 8.47. The highest BCUT2D eigenvalue weighted by atomic mass is 16.5. The number of aromatic nitrogens is 1. The van der Waals surface area contributed by atoms with Gasteiger partial charge in [-0.1, -0.05) is 19.9 Å². The van der Waals surface area contributed by atoms with E-state index >= 15 is 0 Å². The summed E-state index contributed by atoms with van der Waals surface area (Å²) in [5, 5.41) is 0. The van der Waals surface area contributed by atoms with Crippen molar-refractivity contribution in [3.63, 3.8) is 0 Å². The van der Waals surface area contributed by atoms with Gasteiger partial charge in [-0.25, -0.2) is 0 Å². The molecular weight excluding hydrogens is 262 g/mol. The summed E-state index contributed by atoms with van der Waals surface area (Å²) in [7, 11) is 0. The molecule has 1 aromatic heterocycles. The smallest absolute Gasteiger partial charge is 0.0702 e. The summed E-state index contributed by atoms with van der Waals surface area (Å²) in [5.74, 6) is 0. The van der Waals surface area contributed by atoms with Gasteiger partial charge in [0.2, 0.25) is 0 Å². The molecule has 1 aromatic rings. The van der Waals surface area contributed by atoms with Crippen molar-refractivity contribution >= 4 is 0 Å². The van der Waals surface area contributed by atoms with Gasteiger partial charge in [0.15, 0.2) is 0 Å². The van der Waals surface area contributed by atoms with Gasteiger partial charge in [-0.05, 0) is 43.9 Å². The highest BCUT2D eigenvalue weighted by molar-refractivity contribution is 5.16. The Morgan fingerprint density at radius 2 is 2.33 bits per heavy atom. The zero-order valence-corrected chi connectivity index (χ0v) is 13.4. The highest BCUT2D eigenvalue weighted by Gasteiger charge is 2.30. The molecule has 3 unspecified atom stereocenters. The summed E-state index contributed by atoms with van der Waals surface area (Å²) in [6.45, 7) is 7.25. The SMILES string of the molecule is CCCOC1CCCN(C(c2cccnc2)C(N)CC)C1. The van der Waals surface area contributed by atoms with Crippen molar-refractivity contribution in [3.8, 4) is 0 Å². The zero-order chi connectivity index (χ0) is 15.1. The Bertz CT molecular complexity index is 398. The van der Waals surface area contributed by atoms with Crippen LogP contribution in [-0.4, -0.2) is 41.7 Å². The largest absolute Gasteiger partial charge is 0.377 e. The van der Waals surface area contributed by atoms with E-state index in [4.69, 9.17) is 10.5 Å². The normalized spacial score (nSPS) is 22.9. The first kappa shape index (κ1) is 16.4. The van der Waals surface area contributed by atoms with Gasteiger partial charge in [-0.15, -0.1) is 0 Å². The average molecular weight is 291 g/mol. The molecule has 4 heteroatoms. The number of hydrogen-bond acceptors (Lipinski definition) is 4. The van der Waals surface area contributed by atoms with Gasteiger partial charge >= 0.3 is 0 Å². The molecule has 1 aliphatic rings. The first-order valence-corrected chi connectivity index (χ1v) is 8.27. The van der Waals surface area contributed by atoms with Crippen molar-refractivity contribution in [1.29, 1.82) is 0 Å². The molecule has 3 atom stereocenters. The van der Waals surface area contributed by atoms with Crippen LogP contribution in [0.1, 0.15) is 51.1 Å². The number of hydrogen-bond donors (Lipinski definition) is 1. The first-order chi connectivity index (χ1) is 10.3. The van der Waals surface area contributed by atoms with Crippen molar-refractivity contribution in [2.45, 2.75) is 57.7 Å². The second-order valence-corrected chi connectivity index (χ2v) is 5.93. The Morgan fingerprint density at radius 3 is 3.00 bits per heavy atom. The van der Waals surface area contributed by atoms with E-state index in [-0.39, 0.29) is 12.1 Å². The van der Waals surface area contributed by atoms with E-state index in [9.17, 15) is 0 Å². The van der Waals surface area contributed by atoms with Crippen LogP contribution >= 0.6 is 0 Å². The number of nitrogens with zero attached hydrogens (tertiary/aromatic N) is 2. The van der Waals surface area contributed by atoms with Gasteiger partial charge in [-0.2, -0.15) is 0 Å². The van der Waals surface area contributed by atoms with Crippen LogP contribution in [0.2, 0.25) is 0 Å². The molecule has 0 bridgehead atoms. The third kappa shape index (κ3) is 4.50. The number of likely N-dealkylation sites (tertiary alicyclic amines) is 1. The van der Waals surface area contributed by atoms with Crippen molar-refractivity contribution in [2.75, 3.05) is 19.7 Å². The lowest BCUT2D eigenvalue weighted by atomic mass is 9.95. The van der Waals surface area contributed by atoms with Gasteiger partial charge in [0, 0.05) is 31.6 Å². The molecule has 4 nitrogen and oxygen atoms in total. The van der Waals surface area contributed by atoms with Crippen LogP contribution in [0.3, 0.4) is 0 Å². The molecule has 1 saturated heterocycles. The maximum absolute atomic E-state index is 6.42. The van der Waals surface area contributed by atoms with Crippen molar-refractivity contribution in [1.82, 2.24) is 9.88 Å². The Kier molecular flexibility index (Phi) is 6.61. The van der Waals surface area contributed by atoms with Crippen LogP contribution in [-0.2, 0) is 4.74 Å². The molecule has 2 heterocycles. The van der Waals surface area contributed by atoms with E-state index < -0.39 is 0 Å². The fraction of sp³-hybridized carbons (Fsp3) is 0.706. The quantitative estimate of drug-likeness (QED) is 0.839. The molecule has 0 aromatic carbocycles. The van der Waals surface area contributed by atoms with Crippen molar-refractivity contribution < 1.29 is 4.74 Å². The van der Waals surface area contributed by atoms with E-state index in [0.29, 0.717) is 6.10 Å². The van der Waals surface area contributed by atoms with Gasteiger partial charge in [0.1, 0.15) is 0 Å². The first-order valence-electron chi connectivity index (χ1n) is 8.27. The predicted octanol–water partition coefficient (Wildman–Crippen LogP) is 2.75. The van der Waals surface area contributed by atoms with E-state index in [1.54, 1.807) is 0 Å². The minimum atomic E-state index is 0.138. The lowest BCUT2D eigenvalue weighted by Crippen LogP contribution is -2.47. The zero-order valence-electron chi connectivity index (χ0n) is 13.4. The molecule has 0 spiro atoms. The minimum absolute atomic E-state index is 0.138. The van der Waals surface area contributed by atoms with E-state index in [2.05, 4.69) is 29.8 Å². The summed E-state index contributed by atoms with van der Waals surface area (Å²) in [6.07, 6.45) is 8.52. The standard InChI is InChI=1S/C17H29N3O/c1-3-11-21-15-8-6-10-20(13-15)17(16(18)4-2)14-7-5-9-19-12-14/h5,7,9,12,15-17H,3-4,6,8,10-11,13,18H2,1-2H3. The Balaban J connectivity index is 2.09. The third-order valence-electron chi connectivity index (χ3n) is 4.26. The lowest BCUT2D eigenvalue weighted by Gasteiger charge is -2.40. The maximum Gasteiger partial charge on any atom is 0.0702 e. The topological polar surface area (TPSA) is 51.4 Å². The monoisotopic (exact) mass is 291 g/mol. The third-order valence-corrected chi connectivity index (χ3v) is 4.26. The van der Waals surface area contributed by atoms with Crippen molar-refractivity contribution in [3.05, 3.63) is 30.1 Å². The molecule has 0 saturated carbocycles. The average Bonchev–Trinajstić information content (AvgIpc) is 2.54. The molecule has 21 heavy (non-hydrogen) atoms. The van der Waals surface area contributed by atoms with E-state index in [1.807, 2.05) is 18.5 Å². The molecule has 1 aliphatic heterocycles. The lowest BCUT2D eigenvalue weighted by molar-refractivity contribution is -0.0165. The predicted molar refractivity (Wildman–Crippen MR) is 86.1 cm³/mol. The Labute approximate surface area is 128 Å². The molecule has 2 rings (SSSR count). The van der Waals surface area contributed by atoms with Crippen LogP contribution in [0, 0.1) is 0 Å². The molecule has 2 N–H and O–H groups in total. The summed E-state index contributed by atoms with van der Waals surface area (Å²) in [4.78, 5) is 6.77. The van der Waals surface area contributed by atoms with Crippen LogP contribution in [0.15, 0.2) is 24.5 Å². The minimum Gasteiger partial charge on any atom is -0.377 e. The molecule has 1 fully saturated rings. The summed E-state index contributed by atoms with van der Waals surface area (Å²) in [6, 6.07) is 4.53. The molecule has 0 amide bonds.